The molecule has 0 amide bonds. The number of unbranched alkanes of at least 4 members (excludes halogenated alkanes) is 2. The number of nitrogens with two attached hydrogens (primary N) is 1. The summed E-state index contributed by atoms with van der Waals surface area (Å²) in [4.78, 5) is 4.07. The molecule has 2 atom stereocenters. The van der Waals surface area contributed by atoms with Crippen molar-refractivity contribution in [1.29, 1.82) is 0 Å². The maximum Gasteiger partial charge on any atom is 0.0449 e. The minimum Gasteiger partial charge on any atom is -0.326 e. The van der Waals surface area contributed by atoms with Gasteiger partial charge in [0.05, 0.1) is 0 Å². The molecule has 1 aromatic rings. The molecule has 0 radical (unpaired) electrons. The fourth-order valence-electron chi connectivity index (χ4n) is 1.80. The molecule has 0 bridgehead atoms. The van der Waals surface area contributed by atoms with E-state index in [1.807, 2.05) is 24.2 Å². The van der Waals surface area contributed by atoms with Gasteiger partial charge in [-0.05, 0) is 36.3 Å². The lowest BCUT2D eigenvalue weighted by atomic mass is 10.1. The monoisotopic (exact) mass is 252 g/mol. The third-order valence-corrected chi connectivity index (χ3v) is 4.45. The molecule has 0 aromatic carbocycles. The molecule has 0 aliphatic rings. The van der Waals surface area contributed by atoms with Crippen LogP contribution in [0.2, 0.25) is 0 Å². The van der Waals surface area contributed by atoms with E-state index in [1.54, 1.807) is 0 Å². The third kappa shape index (κ3) is 5.09. The van der Waals surface area contributed by atoms with Crippen molar-refractivity contribution in [2.24, 2.45) is 5.73 Å². The fourth-order valence-corrected chi connectivity index (χ4v) is 3.21. The van der Waals surface area contributed by atoms with Crippen LogP contribution in [0.25, 0.3) is 0 Å². The highest BCUT2D eigenvalue weighted by Gasteiger charge is 2.18. The first-order chi connectivity index (χ1) is 8.29. The molecular weight excluding hydrogens is 228 g/mol. The Morgan fingerprint density at radius 3 is 2.53 bits per heavy atom. The first-order valence-corrected chi connectivity index (χ1v) is 7.61. The van der Waals surface area contributed by atoms with Crippen molar-refractivity contribution in [2.75, 3.05) is 5.75 Å². The van der Waals surface area contributed by atoms with Gasteiger partial charge >= 0.3 is 0 Å². The van der Waals surface area contributed by atoms with Crippen LogP contribution in [0.4, 0.5) is 0 Å². The number of hydrogen-bond acceptors (Lipinski definition) is 3. The van der Waals surface area contributed by atoms with Crippen molar-refractivity contribution in [3.8, 4) is 0 Å². The molecule has 96 valence electrons. The van der Waals surface area contributed by atoms with Crippen LogP contribution in [0.15, 0.2) is 24.5 Å². The van der Waals surface area contributed by atoms with Crippen LogP contribution in [-0.4, -0.2) is 16.8 Å². The number of thioether (sulfide) groups is 1. The summed E-state index contributed by atoms with van der Waals surface area (Å²) in [7, 11) is 0. The Morgan fingerprint density at radius 1 is 1.24 bits per heavy atom. The van der Waals surface area contributed by atoms with Gasteiger partial charge < -0.3 is 5.73 Å². The molecule has 0 saturated carbocycles. The highest BCUT2D eigenvalue weighted by molar-refractivity contribution is 7.99. The second kappa shape index (κ2) is 8.54. The van der Waals surface area contributed by atoms with E-state index in [0.717, 1.165) is 6.42 Å². The van der Waals surface area contributed by atoms with Gasteiger partial charge in [-0.1, -0.05) is 26.7 Å². The molecule has 3 heteroatoms. The van der Waals surface area contributed by atoms with Gasteiger partial charge in [0.25, 0.3) is 0 Å². The zero-order valence-electron chi connectivity index (χ0n) is 10.9. The van der Waals surface area contributed by atoms with Crippen LogP contribution in [0, 0.1) is 0 Å². The highest BCUT2D eigenvalue weighted by atomic mass is 32.2. The maximum absolute atomic E-state index is 6.22. The average Bonchev–Trinajstić information content (AvgIpc) is 2.39. The highest BCUT2D eigenvalue weighted by Crippen LogP contribution is 2.32. The lowest BCUT2D eigenvalue weighted by molar-refractivity contribution is 0.632. The van der Waals surface area contributed by atoms with Gasteiger partial charge in [0.1, 0.15) is 0 Å². The topological polar surface area (TPSA) is 38.9 Å². The largest absolute Gasteiger partial charge is 0.326 e. The van der Waals surface area contributed by atoms with Crippen molar-refractivity contribution < 1.29 is 0 Å². The molecule has 1 heterocycles. The molecule has 1 rings (SSSR count). The summed E-state index contributed by atoms with van der Waals surface area (Å²) < 4.78 is 0. The van der Waals surface area contributed by atoms with Crippen molar-refractivity contribution >= 4 is 11.8 Å². The van der Waals surface area contributed by atoms with Gasteiger partial charge in [0.15, 0.2) is 0 Å². The van der Waals surface area contributed by atoms with Gasteiger partial charge in [-0.15, -0.1) is 0 Å². The lowest BCUT2D eigenvalue weighted by Crippen LogP contribution is -2.26. The summed E-state index contributed by atoms with van der Waals surface area (Å²) in [6.07, 6.45) is 8.62. The standard InChI is InChI=1S/C14H24N2S/c1-3-5-6-11-17-14(13(15)4-2)12-7-9-16-10-8-12/h7-10,13-14H,3-6,11,15H2,1-2H3. The van der Waals surface area contributed by atoms with Crippen LogP contribution in [0.5, 0.6) is 0 Å². The molecule has 0 aliphatic carbocycles. The second-order valence-corrected chi connectivity index (χ2v) is 5.60. The first-order valence-electron chi connectivity index (χ1n) is 6.56. The average molecular weight is 252 g/mol. The van der Waals surface area contributed by atoms with E-state index in [9.17, 15) is 0 Å². The van der Waals surface area contributed by atoms with Crippen LogP contribution < -0.4 is 5.73 Å². The van der Waals surface area contributed by atoms with E-state index in [-0.39, 0.29) is 6.04 Å². The summed E-state index contributed by atoms with van der Waals surface area (Å²) >= 11 is 1.99. The van der Waals surface area contributed by atoms with Crippen LogP contribution in [-0.2, 0) is 0 Å². The van der Waals surface area contributed by atoms with Crippen molar-refractivity contribution in [3.63, 3.8) is 0 Å². The Kier molecular flexibility index (Phi) is 7.29. The van der Waals surface area contributed by atoms with E-state index >= 15 is 0 Å². The quantitative estimate of drug-likeness (QED) is 0.716. The van der Waals surface area contributed by atoms with Gasteiger partial charge in [0, 0.05) is 23.7 Å². The molecule has 0 fully saturated rings. The number of hydrogen-bond donors (Lipinski definition) is 1. The van der Waals surface area contributed by atoms with Crippen molar-refractivity contribution in [3.05, 3.63) is 30.1 Å². The zero-order valence-corrected chi connectivity index (χ0v) is 11.7. The molecule has 0 aliphatic heterocycles. The van der Waals surface area contributed by atoms with Crippen LogP contribution in [0.1, 0.15) is 50.3 Å². The van der Waals surface area contributed by atoms with E-state index < -0.39 is 0 Å². The molecule has 0 saturated heterocycles. The minimum atomic E-state index is 0.240. The lowest BCUT2D eigenvalue weighted by Gasteiger charge is -2.22. The first kappa shape index (κ1) is 14.5. The molecule has 17 heavy (non-hydrogen) atoms. The van der Waals surface area contributed by atoms with E-state index in [1.165, 1.54) is 30.6 Å². The SMILES string of the molecule is CCCCCSC(c1ccncc1)C(N)CC. The Labute approximate surface area is 109 Å². The van der Waals surface area contributed by atoms with Gasteiger partial charge in [0.2, 0.25) is 0 Å². The second-order valence-electron chi connectivity index (χ2n) is 4.35. The van der Waals surface area contributed by atoms with Crippen LogP contribution >= 0.6 is 11.8 Å². The summed E-state index contributed by atoms with van der Waals surface area (Å²) in [5.74, 6) is 1.20. The molecule has 1 aromatic heterocycles. The number of pyridine rings is 1. The normalized spacial score (nSPS) is 14.5. The Bertz CT molecular complexity index is 290. The zero-order chi connectivity index (χ0) is 12.5. The fraction of sp³-hybridized carbons (Fsp3) is 0.643. The summed E-state index contributed by atoms with van der Waals surface area (Å²) in [6.45, 7) is 4.40. The molecule has 2 N–H and O–H groups in total. The van der Waals surface area contributed by atoms with Gasteiger partial charge in [-0.25, -0.2) is 0 Å². The number of rotatable bonds is 8. The predicted molar refractivity (Wildman–Crippen MR) is 77.2 cm³/mol. The number of aromatic nitrogens is 1. The molecule has 0 spiro atoms. The van der Waals surface area contributed by atoms with E-state index in [4.69, 9.17) is 5.73 Å². The summed E-state index contributed by atoms with van der Waals surface area (Å²) in [5.41, 5.74) is 7.54. The predicted octanol–water partition coefficient (Wildman–Crippen LogP) is 3.78. The van der Waals surface area contributed by atoms with Gasteiger partial charge in [-0.2, -0.15) is 11.8 Å². The molecular formula is C14H24N2S. The Morgan fingerprint density at radius 2 is 1.94 bits per heavy atom. The minimum absolute atomic E-state index is 0.240. The van der Waals surface area contributed by atoms with E-state index in [2.05, 4.69) is 31.0 Å². The summed E-state index contributed by atoms with van der Waals surface area (Å²) in [5, 5.41) is 0.417. The molecule has 2 unspecified atom stereocenters. The van der Waals surface area contributed by atoms with Crippen molar-refractivity contribution in [2.45, 2.75) is 50.8 Å². The smallest absolute Gasteiger partial charge is 0.0449 e. The third-order valence-electron chi connectivity index (χ3n) is 2.94. The van der Waals surface area contributed by atoms with Gasteiger partial charge in [-0.3, -0.25) is 4.98 Å². The van der Waals surface area contributed by atoms with Crippen molar-refractivity contribution in [1.82, 2.24) is 4.98 Å². The molecule has 2 nitrogen and oxygen atoms in total. The maximum atomic E-state index is 6.22. The number of nitrogens with zero attached hydrogens (tertiary/aromatic N) is 1. The summed E-state index contributed by atoms with van der Waals surface area (Å²) in [6, 6.07) is 4.42. The van der Waals surface area contributed by atoms with Crippen LogP contribution in [0.3, 0.4) is 0 Å². The van der Waals surface area contributed by atoms with E-state index in [0.29, 0.717) is 5.25 Å². The Balaban J connectivity index is 2.55. The Hall–Kier alpha value is -0.540.